The van der Waals surface area contributed by atoms with E-state index in [1.165, 1.54) is 11.3 Å². The normalized spacial score (nSPS) is 10.8. The van der Waals surface area contributed by atoms with Gasteiger partial charge in [0, 0.05) is 11.9 Å². The molecule has 0 saturated carbocycles. The van der Waals surface area contributed by atoms with Crippen LogP contribution in [0.4, 0.5) is 5.13 Å². The Morgan fingerprint density at radius 3 is 2.84 bits per heavy atom. The highest BCUT2D eigenvalue weighted by Crippen LogP contribution is 2.15. The van der Waals surface area contributed by atoms with Crippen LogP contribution in [0.15, 0.2) is 24.4 Å². The fraction of sp³-hybridized carbons (Fsp3) is 0.167. The van der Waals surface area contributed by atoms with Crippen molar-refractivity contribution in [3.8, 4) is 0 Å². The maximum Gasteiger partial charge on any atom is 0.277 e. The van der Waals surface area contributed by atoms with Crippen LogP contribution in [0.3, 0.4) is 0 Å². The van der Waals surface area contributed by atoms with Crippen LogP contribution >= 0.6 is 11.3 Å². The van der Waals surface area contributed by atoms with Crippen LogP contribution in [0.5, 0.6) is 0 Å². The molecule has 7 heteroatoms. The number of amides is 1. The van der Waals surface area contributed by atoms with Gasteiger partial charge in [-0.25, -0.2) is 4.98 Å². The van der Waals surface area contributed by atoms with Crippen LogP contribution in [-0.4, -0.2) is 25.5 Å². The fourth-order valence-corrected chi connectivity index (χ4v) is 2.35. The smallest absolute Gasteiger partial charge is 0.277 e. The van der Waals surface area contributed by atoms with E-state index in [1.807, 2.05) is 36.4 Å². The van der Waals surface area contributed by atoms with Crippen molar-refractivity contribution in [1.82, 2.24) is 19.6 Å². The summed E-state index contributed by atoms with van der Waals surface area (Å²) in [5.41, 5.74) is 2.14. The third kappa shape index (κ3) is 2.19. The van der Waals surface area contributed by atoms with Gasteiger partial charge >= 0.3 is 0 Å². The average Bonchev–Trinajstić information content (AvgIpc) is 2.96. The molecule has 0 unspecified atom stereocenters. The first kappa shape index (κ1) is 11.8. The zero-order valence-corrected chi connectivity index (χ0v) is 11.2. The molecule has 0 aromatic carbocycles. The van der Waals surface area contributed by atoms with Crippen molar-refractivity contribution < 1.29 is 4.79 Å². The number of imidazole rings is 1. The van der Waals surface area contributed by atoms with Crippen molar-refractivity contribution in [1.29, 1.82) is 0 Å². The second-order valence-electron chi connectivity index (χ2n) is 4.10. The topological polar surface area (TPSA) is 72.2 Å². The Balaban J connectivity index is 1.91. The summed E-state index contributed by atoms with van der Waals surface area (Å²) in [6.45, 7) is 3.80. The van der Waals surface area contributed by atoms with E-state index in [0.29, 0.717) is 10.8 Å². The summed E-state index contributed by atoms with van der Waals surface area (Å²) in [5.74, 6) is -0.278. The summed E-state index contributed by atoms with van der Waals surface area (Å²) in [5, 5.41) is 11.7. The van der Waals surface area contributed by atoms with Crippen molar-refractivity contribution in [2.75, 3.05) is 5.32 Å². The number of anilines is 1. The Kier molecular flexibility index (Phi) is 2.75. The molecule has 0 atom stereocenters. The lowest BCUT2D eigenvalue weighted by Gasteiger charge is -1.96. The molecule has 1 N–H and O–H groups in total. The van der Waals surface area contributed by atoms with E-state index in [2.05, 4.69) is 20.5 Å². The monoisotopic (exact) mass is 273 g/mol. The van der Waals surface area contributed by atoms with Crippen molar-refractivity contribution in [2.24, 2.45) is 0 Å². The van der Waals surface area contributed by atoms with Crippen LogP contribution in [0.25, 0.3) is 5.65 Å². The Labute approximate surface area is 113 Å². The summed E-state index contributed by atoms with van der Waals surface area (Å²) < 4.78 is 1.88. The molecule has 0 aliphatic rings. The number of hydrogen-bond donors (Lipinski definition) is 1. The van der Waals surface area contributed by atoms with Gasteiger partial charge in [0.2, 0.25) is 5.13 Å². The van der Waals surface area contributed by atoms with E-state index < -0.39 is 0 Å². The van der Waals surface area contributed by atoms with Gasteiger partial charge in [-0.2, -0.15) is 0 Å². The minimum Gasteiger partial charge on any atom is -0.304 e. The van der Waals surface area contributed by atoms with Gasteiger partial charge in [-0.05, 0) is 26.0 Å². The third-order valence-corrected chi connectivity index (χ3v) is 3.43. The predicted molar refractivity (Wildman–Crippen MR) is 72.5 cm³/mol. The van der Waals surface area contributed by atoms with Crippen molar-refractivity contribution >= 4 is 28.0 Å². The molecule has 19 heavy (non-hydrogen) atoms. The molecule has 0 aliphatic carbocycles. The lowest BCUT2D eigenvalue weighted by molar-refractivity contribution is 0.102. The predicted octanol–water partition coefficient (Wildman–Crippen LogP) is 2.05. The lowest BCUT2D eigenvalue weighted by atomic mass is 10.4. The molecule has 96 valence electrons. The molecule has 0 radical (unpaired) electrons. The fourth-order valence-electron chi connectivity index (χ4n) is 1.77. The maximum absolute atomic E-state index is 12.1. The minimum atomic E-state index is -0.278. The largest absolute Gasteiger partial charge is 0.304 e. The zero-order valence-electron chi connectivity index (χ0n) is 10.4. The number of aryl methyl sites for hydroxylation is 2. The molecule has 3 heterocycles. The molecule has 3 aromatic rings. The number of hydrogen-bond acceptors (Lipinski definition) is 5. The first-order chi connectivity index (χ1) is 9.13. The van der Waals surface area contributed by atoms with Crippen molar-refractivity contribution in [3.05, 3.63) is 40.8 Å². The second-order valence-corrected chi connectivity index (χ2v) is 5.28. The van der Waals surface area contributed by atoms with E-state index in [0.717, 1.165) is 16.3 Å². The summed E-state index contributed by atoms with van der Waals surface area (Å²) in [7, 11) is 0. The number of rotatable bonds is 2. The first-order valence-electron chi connectivity index (χ1n) is 5.69. The first-order valence-corrected chi connectivity index (χ1v) is 6.51. The average molecular weight is 273 g/mol. The summed E-state index contributed by atoms with van der Waals surface area (Å²) >= 11 is 1.33. The van der Waals surface area contributed by atoms with E-state index >= 15 is 0 Å². The zero-order chi connectivity index (χ0) is 13.4. The summed E-state index contributed by atoms with van der Waals surface area (Å²) in [4.78, 5) is 16.3. The molecule has 3 aromatic heterocycles. The van der Waals surface area contributed by atoms with E-state index in [4.69, 9.17) is 0 Å². The molecule has 0 fully saturated rings. The van der Waals surface area contributed by atoms with Gasteiger partial charge in [0.25, 0.3) is 5.91 Å². The van der Waals surface area contributed by atoms with E-state index in [1.54, 1.807) is 6.20 Å². The molecular formula is C12H11N5OS. The lowest BCUT2D eigenvalue weighted by Crippen LogP contribution is -2.12. The minimum absolute atomic E-state index is 0.278. The van der Waals surface area contributed by atoms with Crippen LogP contribution in [-0.2, 0) is 0 Å². The molecule has 6 nitrogen and oxygen atoms in total. The Hall–Kier alpha value is -2.28. The highest BCUT2D eigenvalue weighted by Gasteiger charge is 2.13. The van der Waals surface area contributed by atoms with Crippen LogP contribution in [0.2, 0.25) is 0 Å². The standard InChI is InChI=1S/C12H11N5OS/c1-7-4-3-5-10-13-9(6-17(7)10)11(18)14-12-16-15-8(2)19-12/h3-6H,1-2H3,(H,14,16,18). The van der Waals surface area contributed by atoms with Crippen molar-refractivity contribution in [3.63, 3.8) is 0 Å². The molecule has 1 amide bonds. The number of fused-ring (bicyclic) bond motifs is 1. The number of carbonyl (C=O) groups excluding carboxylic acids is 1. The van der Waals surface area contributed by atoms with Gasteiger partial charge in [0.05, 0.1) is 0 Å². The number of nitrogens with one attached hydrogen (secondary N) is 1. The Bertz CT molecular complexity index is 760. The van der Waals surface area contributed by atoms with Gasteiger partial charge in [0.15, 0.2) is 0 Å². The van der Waals surface area contributed by atoms with Gasteiger partial charge in [-0.15, -0.1) is 10.2 Å². The molecule has 3 rings (SSSR count). The van der Waals surface area contributed by atoms with Crippen LogP contribution < -0.4 is 5.32 Å². The number of pyridine rings is 1. The number of nitrogens with zero attached hydrogens (tertiary/aromatic N) is 4. The summed E-state index contributed by atoms with van der Waals surface area (Å²) in [6.07, 6.45) is 1.72. The second kappa shape index (κ2) is 4.43. The Morgan fingerprint density at radius 1 is 1.32 bits per heavy atom. The van der Waals surface area contributed by atoms with E-state index in [-0.39, 0.29) is 5.91 Å². The van der Waals surface area contributed by atoms with Gasteiger partial charge < -0.3 is 4.40 Å². The number of aromatic nitrogens is 4. The molecule has 0 saturated heterocycles. The van der Waals surface area contributed by atoms with Crippen LogP contribution in [0.1, 0.15) is 21.2 Å². The molecular weight excluding hydrogens is 262 g/mol. The highest BCUT2D eigenvalue weighted by atomic mass is 32.1. The highest BCUT2D eigenvalue weighted by molar-refractivity contribution is 7.15. The van der Waals surface area contributed by atoms with Gasteiger partial charge in [-0.1, -0.05) is 17.4 Å². The molecule has 0 spiro atoms. The van der Waals surface area contributed by atoms with E-state index in [9.17, 15) is 4.79 Å². The molecule has 0 bridgehead atoms. The number of carbonyl (C=O) groups is 1. The van der Waals surface area contributed by atoms with Gasteiger partial charge in [-0.3, -0.25) is 10.1 Å². The van der Waals surface area contributed by atoms with Crippen molar-refractivity contribution in [2.45, 2.75) is 13.8 Å². The van der Waals surface area contributed by atoms with Crippen LogP contribution in [0, 0.1) is 13.8 Å². The SMILES string of the molecule is Cc1nnc(NC(=O)c2cn3c(C)cccc3n2)s1. The quantitative estimate of drug-likeness (QED) is 0.775. The Morgan fingerprint density at radius 2 is 2.16 bits per heavy atom. The molecule has 0 aliphatic heterocycles. The maximum atomic E-state index is 12.1. The summed E-state index contributed by atoms with van der Waals surface area (Å²) in [6, 6.07) is 5.73. The third-order valence-electron chi connectivity index (χ3n) is 2.68. The van der Waals surface area contributed by atoms with Gasteiger partial charge in [0.1, 0.15) is 16.3 Å².